The SMILES string of the molecule is Cc1cc(C)cc(CC(NN)c2ccc(C)c(F)c2)c1. The lowest BCUT2D eigenvalue weighted by atomic mass is 9.96. The fraction of sp³-hybridized carbons (Fsp3) is 0.294. The van der Waals surface area contributed by atoms with Gasteiger partial charge in [-0.05, 0) is 49.9 Å². The van der Waals surface area contributed by atoms with Crippen LogP contribution in [0.15, 0.2) is 36.4 Å². The minimum Gasteiger partial charge on any atom is -0.271 e. The van der Waals surface area contributed by atoms with Gasteiger partial charge in [0.1, 0.15) is 5.82 Å². The lowest BCUT2D eigenvalue weighted by Gasteiger charge is -2.17. The van der Waals surface area contributed by atoms with Crippen LogP contribution in [0.5, 0.6) is 0 Å². The van der Waals surface area contributed by atoms with Crippen molar-refractivity contribution in [1.82, 2.24) is 5.43 Å². The molecule has 2 aromatic rings. The minimum absolute atomic E-state index is 0.0914. The smallest absolute Gasteiger partial charge is 0.126 e. The second kappa shape index (κ2) is 6.16. The molecule has 0 amide bonds. The zero-order valence-corrected chi connectivity index (χ0v) is 12.2. The van der Waals surface area contributed by atoms with Crippen LogP contribution in [0.3, 0.4) is 0 Å². The molecule has 0 fully saturated rings. The van der Waals surface area contributed by atoms with E-state index in [9.17, 15) is 4.39 Å². The Morgan fingerprint density at radius 1 is 1.05 bits per heavy atom. The second-order valence-electron chi connectivity index (χ2n) is 5.43. The predicted octanol–water partition coefficient (Wildman–Crippen LogP) is 3.50. The van der Waals surface area contributed by atoms with E-state index < -0.39 is 0 Å². The highest BCUT2D eigenvalue weighted by Gasteiger charge is 2.12. The van der Waals surface area contributed by atoms with Crippen LogP contribution < -0.4 is 11.3 Å². The third-order valence-corrected chi connectivity index (χ3v) is 3.52. The van der Waals surface area contributed by atoms with Crippen molar-refractivity contribution in [2.75, 3.05) is 0 Å². The first kappa shape index (κ1) is 14.7. The van der Waals surface area contributed by atoms with Gasteiger partial charge in [-0.25, -0.2) is 4.39 Å². The van der Waals surface area contributed by atoms with Gasteiger partial charge in [0.15, 0.2) is 0 Å². The van der Waals surface area contributed by atoms with Gasteiger partial charge in [-0.15, -0.1) is 0 Å². The number of nitrogens with two attached hydrogens (primary N) is 1. The van der Waals surface area contributed by atoms with Crippen molar-refractivity contribution < 1.29 is 4.39 Å². The molecule has 1 unspecified atom stereocenters. The summed E-state index contributed by atoms with van der Waals surface area (Å²) in [4.78, 5) is 0. The van der Waals surface area contributed by atoms with E-state index in [2.05, 4.69) is 37.5 Å². The molecular formula is C17H21FN2. The molecule has 2 rings (SSSR count). The van der Waals surface area contributed by atoms with Gasteiger partial charge in [-0.1, -0.05) is 41.5 Å². The van der Waals surface area contributed by atoms with E-state index in [1.54, 1.807) is 19.1 Å². The number of benzene rings is 2. The molecule has 0 aliphatic carbocycles. The van der Waals surface area contributed by atoms with Crippen LogP contribution in [0.4, 0.5) is 4.39 Å². The summed E-state index contributed by atoms with van der Waals surface area (Å²) in [6.07, 6.45) is 0.738. The summed E-state index contributed by atoms with van der Waals surface area (Å²) in [7, 11) is 0. The van der Waals surface area contributed by atoms with Gasteiger partial charge in [0.2, 0.25) is 0 Å². The van der Waals surface area contributed by atoms with E-state index in [-0.39, 0.29) is 11.9 Å². The highest BCUT2D eigenvalue weighted by molar-refractivity contribution is 5.32. The Labute approximate surface area is 119 Å². The summed E-state index contributed by atoms with van der Waals surface area (Å²) in [5, 5.41) is 0. The minimum atomic E-state index is -0.192. The van der Waals surface area contributed by atoms with Gasteiger partial charge < -0.3 is 0 Å². The first-order chi connectivity index (χ1) is 9.49. The van der Waals surface area contributed by atoms with Crippen molar-refractivity contribution in [3.05, 3.63) is 70.0 Å². The highest BCUT2D eigenvalue weighted by Crippen LogP contribution is 2.21. The molecule has 0 bridgehead atoms. The van der Waals surface area contributed by atoms with Gasteiger partial charge in [0.25, 0.3) is 0 Å². The van der Waals surface area contributed by atoms with Gasteiger partial charge >= 0.3 is 0 Å². The quantitative estimate of drug-likeness (QED) is 0.660. The number of hydrazine groups is 1. The van der Waals surface area contributed by atoms with Crippen molar-refractivity contribution in [2.45, 2.75) is 33.2 Å². The molecular weight excluding hydrogens is 251 g/mol. The Hall–Kier alpha value is -1.71. The summed E-state index contributed by atoms with van der Waals surface area (Å²) >= 11 is 0. The van der Waals surface area contributed by atoms with E-state index in [1.165, 1.54) is 16.7 Å². The molecule has 0 radical (unpaired) electrons. The molecule has 20 heavy (non-hydrogen) atoms. The Bertz CT molecular complexity index is 588. The average molecular weight is 272 g/mol. The molecule has 2 aromatic carbocycles. The molecule has 0 aliphatic rings. The van der Waals surface area contributed by atoms with Crippen LogP contribution in [0.1, 0.15) is 33.9 Å². The van der Waals surface area contributed by atoms with E-state index in [4.69, 9.17) is 5.84 Å². The molecule has 0 aromatic heterocycles. The van der Waals surface area contributed by atoms with Gasteiger partial charge in [-0.3, -0.25) is 11.3 Å². The van der Waals surface area contributed by atoms with Crippen molar-refractivity contribution in [3.63, 3.8) is 0 Å². The number of hydrogen-bond acceptors (Lipinski definition) is 2. The van der Waals surface area contributed by atoms with Gasteiger partial charge in [0.05, 0.1) is 6.04 Å². The predicted molar refractivity (Wildman–Crippen MR) is 80.8 cm³/mol. The topological polar surface area (TPSA) is 38.0 Å². The summed E-state index contributed by atoms with van der Waals surface area (Å²) in [6.45, 7) is 5.91. The maximum Gasteiger partial charge on any atom is 0.126 e. The standard InChI is InChI=1S/C17H21FN2/c1-11-6-12(2)8-14(7-11)9-17(20-19)15-5-4-13(3)16(18)10-15/h4-8,10,17,20H,9,19H2,1-3H3. The number of halogens is 1. The molecule has 0 heterocycles. The van der Waals surface area contributed by atoms with Crippen LogP contribution >= 0.6 is 0 Å². The van der Waals surface area contributed by atoms with Crippen molar-refractivity contribution in [3.8, 4) is 0 Å². The van der Waals surface area contributed by atoms with Gasteiger partial charge in [-0.2, -0.15) is 0 Å². The Morgan fingerprint density at radius 2 is 1.70 bits per heavy atom. The Kier molecular flexibility index (Phi) is 4.53. The third kappa shape index (κ3) is 3.44. The van der Waals surface area contributed by atoms with Crippen LogP contribution in [-0.2, 0) is 6.42 Å². The fourth-order valence-electron chi connectivity index (χ4n) is 2.52. The van der Waals surface area contributed by atoms with Gasteiger partial charge in [0, 0.05) is 0 Å². The monoisotopic (exact) mass is 272 g/mol. The molecule has 106 valence electrons. The van der Waals surface area contributed by atoms with E-state index in [0.29, 0.717) is 5.56 Å². The average Bonchev–Trinajstić information content (AvgIpc) is 2.38. The van der Waals surface area contributed by atoms with Crippen LogP contribution in [0, 0.1) is 26.6 Å². The maximum atomic E-state index is 13.7. The van der Waals surface area contributed by atoms with Crippen molar-refractivity contribution in [1.29, 1.82) is 0 Å². The van der Waals surface area contributed by atoms with Crippen LogP contribution in [0.2, 0.25) is 0 Å². The van der Waals surface area contributed by atoms with Crippen molar-refractivity contribution in [2.24, 2.45) is 5.84 Å². The summed E-state index contributed by atoms with van der Waals surface area (Å²) in [6, 6.07) is 11.6. The second-order valence-corrected chi connectivity index (χ2v) is 5.43. The number of hydrogen-bond donors (Lipinski definition) is 2. The maximum absolute atomic E-state index is 13.7. The highest BCUT2D eigenvalue weighted by atomic mass is 19.1. The lowest BCUT2D eigenvalue weighted by molar-refractivity contribution is 0.543. The molecule has 0 saturated carbocycles. The first-order valence-corrected chi connectivity index (χ1v) is 6.79. The Morgan fingerprint density at radius 3 is 2.25 bits per heavy atom. The number of aryl methyl sites for hydroxylation is 3. The number of nitrogens with one attached hydrogen (secondary N) is 1. The molecule has 0 aliphatic heterocycles. The molecule has 0 saturated heterocycles. The Balaban J connectivity index is 2.26. The summed E-state index contributed by atoms with van der Waals surface area (Å²) in [5.74, 6) is 5.45. The van der Waals surface area contributed by atoms with E-state index in [1.807, 2.05) is 6.07 Å². The van der Waals surface area contributed by atoms with Crippen molar-refractivity contribution >= 4 is 0 Å². The molecule has 2 nitrogen and oxygen atoms in total. The molecule has 3 heteroatoms. The molecule has 1 atom stereocenters. The largest absolute Gasteiger partial charge is 0.271 e. The lowest BCUT2D eigenvalue weighted by Crippen LogP contribution is -2.29. The number of rotatable bonds is 4. The zero-order valence-electron chi connectivity index (χ0n) is 12.2. The van der Waals surface area contributed by atoms with E-state index >= 15 is 0 Å². The first-order valence-electron chi connectivity index (χ1n) is 6.79. The normalized spacial score (nSPS) is 12.4. The fourth-order valence-corrected chi connectivity index (χ4v) is 2.52. The van der Waals surface area contributed by atoms with Crippen LogP contribution in [-0.4, -0.2) is 0 Å². The zero-order chi connectivity index (χ0) is 14.7. The molecule has 0 spiro atoms. The van der Waals surface area contributed by atoms with Crippen LogP contribution in [0.25, 0.3) is 0 Å². The summed E-state index contributed by atoms with van der Waals surface area (Å²) < 4.78 is 13.7. The van der Waals surface area contributed by atoms with E-state index in [0.717, 1.165) is 12.0 Å². The third-order valence-electron chi connectivity index (χ3n) is 3.52. The summed E-state index contributed by atoms with van der Waals surface area (Å²) in [5.41, 5.74) is 7.96. The molecule has 3 N–H and O–H groups in total.